The molecule has 0 N–H and O–H groups in total. The number of fused-ring (bicyclic) bond motifs is 1. The van der Waals surface area contributed by atoms with E-state index in [0.29, 0.717) is 6.04 Å². The molecule has 0 amide bonds. The molecule has 1 nitrogen and oxygen atoms in total. The second-order valence-corrected chi connectivity index (χ2v) is 5.19. The molecule has 1 heterocycles. The monoisotopic (exact) mass is 283 g/mol. The van der Waals surface area contributed by atoms with E-state index in [1.165, 1.54) is 16.6 Å². The molecule has 2 aromatic rings. The molecular formula is C12H14BrNS. The standard InChI is InChI=1S/C12H14BrNS/c1-8(2)14-11(7-15)6-9-5-10(13)3-4-12(9)14/h3-6,8,15H,7H2,1-2H3. The highest BCUT2D eigenvalue weighted by Crippen LogP contribution is 2.27. The fraction of sp³-hybridized carbons (Fsp3) is 0.333. The molecule has 0 fully saturated rings. The number of hydrogen-bond acceptors (Lipinski definition) is 1. The van der Waals surface area contributed by atoms with E-state index >= 15 is 0 Å². The summed E-state index contributed by atoms with van der Waals surface area (Å²) in [5.41, 5.74) is 2.57. The van der Waals surface area contributed by atoms with E-state index < -0.39 is 0 Å². The number of benzene rings is 1. The zero-order valence-corrected chi connectivity index (χ0v) is 11.3. The van der Waals surface area contributed by atoms with Crippen LogP contribution < -0.4 is 0 Å². The third-order valence-corrected chi connectivity index (χ3v) is 3.38. The smallest absolute Gasteiger partial charge is 0.0485 e. The molecule has 0 spiro atoms. The summed E-state index contributed by atoms with van der Waals surface area (Å²) in [7, 11) is 0. The van der Waals surface area contributed by atoms with Crippen LogP contribution in [0.25, 0.3) is 10.9 Å². The predicted octanol–water partition coefficient (Wildman–Crippen LogP) is 4.41. The average molecular weight is 284 g/mol. The molecule has 15 heavy (non-hydrogen) atoms. The van der Waals surface area contributed by atoms with Gasteiger partial charge in [-0.3, -0.25) is 0 Å². The van der Waals surface area contributed by atoms with Crippen LogP contribution in [0.4, 0.5) is 0 Å². The molecule has 0 saturated heterocycles. The van der Waals surface area contributed by atoms with E-state index in [9.17, 15) is 0 Å². The highest BCUT2D eigenvalue weighted by molar-refractivity contribution is 9.10. The third-order valence-electron chi connectivity index (χ3n) is 2.56. The Bertz CT molecular complexity index is 488. The van der Waals surface area contributed by atoms with E-state index in [1.54, 1.807) is 0 Å². The van der Waals surface area contributed by atoms with Crippen molar-refractivity contribution in [3.05, 3.63) is 34.4 Å². The Labute approximate surface area is 104 Å². The highest BCUT2D eigenvalue weighted by atomic mass is 79.9. The van der Waals surface area contributed by atoms with Gasteiger partial charge in [0.1, 0.15) is 0 Å². The Morgan fingerprint density at radius 3 is 2.67 bits per heavy atom. The summed E-state index contributed by atoms with van der Waals surface area (Å²) in [5.74, 6) is 0.782. The van der Waals surface area contributed by atoms with Crippen molar-refractivity contribution in [1.82, 2.24) is 4.57 Å². The van der Waals surface area contributed by atoms with Gasteiger partial charge in [-0.25, -0.2) is 0 Å². The maximum absolute atomic E-state index is 4.38. The fourth-order valence-electron chi connectivity index (χ4n) is 2.00. The van der Waals surface area contributed by atoms with Gasteiger partial charge in [0.05, 0.1) is 0 Å². The summed E-state index contributed by atoms with van der Waals surface area (Å²) in [6, 6.07) is 9.09. The number of thiol groups is 1. The van der Waals surface area contributed by atoms with Gasteiger partial charge < -0.3 is 4.57 Å². The molecule has 0 saturated carbocycles. The van der Waals surface area contributed by atoms with Gasteiger partial charge in [-0.2, -0.15) is 12.6 Å². The SMILES string of the molecule is CC(C)n1c(CS)cc2cc(Br)ccc21. The summed E-state index contributed by atoms with van der Waals surface area (Å²) in [5, 5.41) is 1.28. The number of aromatic nitrogens is 1. The molecule has 0 aliphatic rings. The first-order valence-electron chi connectivity index (χ1n) is 5.03. The lowest BCUT2D eigenvalue weighted by Crippen LogP contribution is -2.03. The van der Waals surface area contributed by atoms with Crippen LogP contribution >= 0.6 is 28.6 Å². The molecular weight excluding hydrogens is 270 g/mol. The van der Waals surface area contributed by atoms with Crippen molar-refractivity contribution in [1.29, 1.82) is 0 Å². The summed E-state index contributed by atoms with van der Waals surface area (Å²) in [6.45, 7) is 4.41. The first kappa shape index (κ1) is 11.1. The predicted molar refractivity (Wildman–Crippen MR) is 72.7 cm³/mol. The Hall–Kier alpha value is -0.410. The Morgan fingerprint density at radius 1 is 1.33 bits per heavy atom. The van der Waals surface area contributed by atoms with Gasteiger partial charge in [-0.1, -0.05) is 15.9 Å². The van der Waals surface area contributed by atoms with E-state index in [-0.39, 0.29) is 0 Å². The molecule has 2 rings (SSSR count). The summed E-state index contributed by atoms with van der Waals surface area (Å²) in [6.07, 6.45) is 0. The van der Waals surface area contributed by atoms with Crippen molar-refractivity contribution in [2.45, 2.75) is 25.6 Å². The van der Waals surface area contributed by atoms with E-state index in [4.69, 9.17) is 0 Å². The van der Waals surface area contributed by atoms with Crippen LogP contribution in [0.3, 0.4) is 0 Å². The topological polar surface area (TPSA) is 4.93 Å². The van der Waals surface area contributed by atoms with Crippen molar-refractivity contribution >= 4 is 39.5 Å². The molecule has 0 aliphatic heterocycles. The Morgan fingerprint density at radius 2 is 2.07 bits per heavy atom. The van der Waals surface area contributed by atoms with Gasteiger partial charge in [0, 0.05) is 32.9 Å². The molecule has 0 unspecified atom stereocenters. The number of halogens is 1. The van der Waals surface area contributed by atoms with Crippen molar-refractivity contribution in [2.24, 2.45) is 0 Å². The van der Waals surface area contributed by atoms with Gasteiger partial charge in [0.15, 0.2) is 0 Å². The van der Waals surface area contributed by atoms with Crippen LogP contribution in [0.1, 0.15) is 25.6 Å². The number of hydrogen-bond donors (Lipinski definition) is 1. The van der Waals surface area contributed by atoms with Gasteiger partial charge >= 0.3 is 0 Å². The maximum atomic E-state index is 4.38. The normalized spacial score (nSPS) is 11.5. The Balaban J connectivity index is 2.74. The molecule has 0 bridgehead atoms. The highest BCUT2D eigenvalue weighted by Gasteiger charge is 2.10. The Kier molecular flexibility index (Phi) is 3.12. The average Bonchev–Trinajstić information content (AvgIpc) is 2.54. The third kappa shape index (κ3) is 1.95. The summed E-state index contributed by atoms with van der Waals surface area (Å²) < 4.78 is 3.47. The lowest BCUT2D eigenvalue weighted by atomic mass is 10.2. The van der Waals surface area contributed by atoms with Crippen molar-refractivity contribution < 1.29 is 0 Å². The second kappa shape index (κ2) is 4.22. The fourth-order valence-corrected chi connectivity index (χ4v) is 2.62. The van der Waals surface area contributed by atoms with E-state index in [1.807, 2.05) is 0 Å². The van der Waals surface area contributed by atoms with Gasteiger partial charge in [-0.15, -0.1) is 0 Å². The largest absolute Gasteiger partial charge is 0.341 e. The van der Waals surface area contributed by atoms with E-state index in [0.717, 1.165) is 10.2 Å². The second-order valence-electron chi connectivity index (χ2n) is 3.96. The van der Waals surface area contributed by atoms with Crippen molar-refractivity contribution in [2.75, 3.05) is 0 Å². The first-order chi connectivity index (χ1) is 7.13. The van der Waals surface area contributed by atoms with Crippen LogP contribution in [-0.4, -0.2) is 4.57 Å². The molecule has 80 valence electrons. The van der Waals surface area contributed by atoms with Crippen LogP contribution in [0.15, 0.2) is 28.7 Å². The zero-order valence-electron chi connectivity index (χ0n) is 8.87. The lowest BCUT2D eigenvalue weighted by Gasteiger charge is -2.13. The van der Waals surface area contributed by atoms with Crippen LogP contribution in [0.2, 0.25) is 0 Å². The van der Waals surface area contributed by atoms with Crippen molar-refractivity contribution in [3.8, 4) is 0 Å². The number of rotatable bonds is 2. The van der Waals surface area contributed by atoms with Crippen molar-refractivity contribution in [3.63, 3.8) is 0 Å². The van der Waals surface area contributed by atoms with Crippen LogP contribution in [-0.2, 0) is 5.75 Å². The summed E-state index contributed by atoms with van der Waals surface area (Å²) in [4.78, 5) is 0. The maximum Gasteiger partial charge on any atom is 0.0485 e. The summed E-state index contributed by atoms with van der Waals surface area (Å²) >= 11 is 7.88. The molecule has 3 heteroatoms. The quantitative estimate of drug-likeness (QED) is 0.779. The van der Waals surface area contributed by atoms with Gasteiger partial charge in [-0.05, 0) is 38.1 Å². The minimum absolute atomic E-state index is 0.478. The molecule has 0 atom stereocenters. The molecule has 0 radical (unpaired) electrons. The van der Waals surface area contributed by atoms with Crippen LogP contribution in [0.5, 0.6) is 0 Å². The lowest BCUT2D eigenvalue weighted by molar-refractivity contribution is 0.606. The van der Waals surface area contributed by atoms with Gasteiger partial charge in [0.25, 0.3) is 0 Å². The number of nitrogens with zero attached hydrogens (tertiary/aromatic N) is 1. The van der Waals surface area contributed by atoms with Crippen LogP contribution in [0, 0.1) is 0 Å². The minimum atomic E-state index is 0.478. The minimum Gasteiger partial charge on any atom is -0.341 e. The molecule has 1 aromatic carbocycles. The first-order valence-corrected chi connectivity index (χ1v) is 6.46. The zero-order chi connectivity index (χ0) is 11.0. The molecule has 0 aliphatic carbocycles. The van der Waals surface area contributed by atoms with E-state index in [2.05, 4.69) is 71.2 Å². The van der Waals surface area contributed by atoms with Gasteiger partial charge in [0.2, 0.25) is 0 Å². The molecule has 1 aromatic heterocycles.